The van der Waals surface area contributed by atoms with Crippen molar-refractivity contribution in [1.82, 2.24) is 0 Å². The van der Waals surface area contributed by atoms with Gasteiger partial charge in [0, 0.05) is 0 Å². The summed E-state index contributed by atoms with van der Waals surface area (Å²) in [4.78, 5) is 0. The van der Waals surface area contributed by atoms with Crippen LogP contribution in [-0.2, 0) is 0 Å². The molecule has 86 valence electrons. The highest BCUT2D eigenvalue weighted by atomic mass is 14.2. The summed E-state index contributed by atoms with van der Waals surface area (Å²) in [5, 5.41) is 0. The molecule has 0 heteroatoms. The van der Waals surface area contributed by atoms with E-state index in [0.29, 0.717) is 0 Å². The predicted molar refractivity (Wildman–Crippen MR) is 66.6 cm³/mol. The fourth-order valence-corrected chi connectivity index (χ4v) is 2.17. The molecule has 2 unspecified atom stereocenters. The lowest BCUT2D eigenvalue weighted by Crippen LogP contribution is -1.84. The van der Waals surface area contributed by atoms with Crippen LogP contribution < -0.4 is 0 Å². The van der Waals surface area contributed by atoms with E-state index in [-0.39, 0.29) is 0 Å². The third-order valence-electron chi connectivity index (χ3n) is 3.16. The third kappa shape index (κ3) is 8.59. The van der Waals surface area contributed by atoms with Gasteiger partial charge in [-0.1, -0.05) is 72.6 Å². The molecule has 0 aliphatic heterocycles. The minimum atomic E-state index is 1.02. The van der Waals surface area contributed by atoms with Gasteiger partial charge in [0.05, 0.1) is 0 Å². The van der Waals surface area contributed by atoms with Crippen LogP contribution in [0.25, 0.3) is 0 Å². The Morgan fingerprint density at radius 2 is 1.21 bits per heavy atom. The first-order valence-electron chi connectivity index (χ1n) is 6.70. The lowest BCUT2D eigenvalue weighted by Gasteiger charge is -1.96. The van der Waals surface area contributed by atoms with E-state index in [1.165, 1.54) is 51.4 Å². The third-order valence-corrected chi connectivity index (χ3v) is 3.16. The standard InChI is InChI=1S/C7H14.C7H16/c1-6-3-4-7(2)5-6;1-3-5-7-6-4-2/h6-7H,3-5H2,1-2H3;3-7H2,1-2H3. The van der Waals surface area contributed by atoms with E-state index in [0.717, 1.165) is 11.8 Å². The normalized spacial score (nSPS) is 25.7. The lowest BCUT2D eigenvalue weighted by atomic mass is 10.1. The number of hydrogen-bond acceptors (Lipinski definition) is 0. The molecular weight excluding hydrogens is 168 g/mol. The van der Waals surface area contributed by atoms with Gasteiger partial charge in [0.1, 0.15) is 0 Å². The van der Waals surface area contributed by atoms with Crippen molar-refractivity contribution in [3.05, 3.63) is 0 Å². The van der Waals surface area contributed by atoms with Crippen molar-refractivity contribution in [2.75, 3.05) is 0 Å². The quantitative estimate of drug-likeness (QED) is 0.529. The van der Waals surface area contributed by atoms with Crippen LogP contribution >= 0.6 is 0 Å². The molecule has 0 bridgehead atoms. The summed E-state index contributed by atoms with van der Waals surface area (Å²) in [7, 11) is 0. The highest BCUT2D eigenvalue weighted by molar-refractivity contribution is 4.68. The molecule has 1 aliphatic rings. The molecule has 0 aromatic carbocycles. The van der Waals surface area contributed by atoms with Gasteiger partial charge in [-0.2, -0.15) is 0 Å². The van der Waals surface area contributed by atoms with Crippen molar-refractivity contribution < 1.29 is 0 Å². The average Bonchev–Trinajstić information content (AvgIpc) is 2.52. The zero-order chi connectivity index (χ0) is 10.8. The Hall–Kier alpha value is 0. The van der Waals surface area contributed by atoms with Crippen LogP contribution in [-0.4, -0.2) is 0 Å². The van der Waals surface area contributed by atoms with Crippen molar-refractivity contribution >= 4 is 0 Å². The summed E-state index contributed by atoms with van der Waals surface area (Å²) in [6.07, 6.45) is 11.4. The summed E-state index contributed by atoms with van der Waals surface area (Å²) >= 11 is 0. The van der Waals surface area contributed by atoms with E-state index in [2.05, 4.69) is 27.7 Å². The van der Waals surface area contributed by atoms with E-state index in [9.17, 15) is 0 Å². The van der Waals surface area contributed by atoms with Crippen molar-refractivity contribution in [3.63, 3.8) is 0 Å². The minimum absolute atomic E-state index is 1.02. The van der Waals surface area contributed by atoms with Crippen LogP contribution in [0.1, 0.15) is 79.1 Å². The van der Waals surface area contributed by atoms with Crippen LogP contribution in [0.15, 0.2) is 0 Å². The first kappa shape index (κ1) is 14.0. The largest absolute Gasteiger partial charge is 0.0654 e. The summed E-state index contributed by atoms with van der Waals surface area (Å²) < 4.78 is 0. The molecule has 0 radical (unpaired) electrons. The van der Waals surface area contributed by atoms with Crippen LogP contribution in [0.4, 0.5) is 0 Å². The van der Waals surface area contributed by atoms with Crippen molar-refractivity contribution in [2.24, 2.45) is 11.8 Å². The Balaban J connectivity index is 0.000000241. The molecule has 0 nitrogen and oxygen atoms in total. The first-order valence-corrected chi connectivity index (χ1v) is 6.70. The molecule has 2 atom stereocenters. The topological polar surface area (TPSA) is 0 Å². The second-order valence-corrected chi connectivity index (χ2v) is 5.08. The predicted octanol–water partition coefficient (Wildman–Crippen LogP) is 5.42. The Morgan fingerprint density at radius 3 is 1.43 bits per heavy atom. The highest BCUT2D eigenvalue weighted by Crippen LogP contribution is 2.29. The Morgan fingerprint density at radius 1 is 0.786 bits per heavy atom. The van der Waals surface area contributed by atoms with Gasteiger partial charge in [0.15, 0.2) is 0 Å². The minimum Gasteiger partial charge on any atom is -0.0654 e. The molecule has 0 aromatic heterocycles. The molecule has 1 fully saturated rings. The second-order valence-electron chi connectivity index (χ2n) is 5.08. The number of rotatable bonds is 4. The van der Waals surface area contributed by atoms with Gasteiger partial charge in [-0.15, -0.1) is 0 Å². The Labute approximate surface area is 91.5 Å². The summed E-state index contributed by atoms with van der Waals surface area (Å²) in [6, 6.07) is 0. The summed E-state index contributed by atoms with van der Waals surface area (Å²) in [5.41, 5.74) is 0. The van der Waals surface area contributed by atoms with Gasteiger partial charge in [-0.25, -0.2) is 0 Å². The maximum absolute atomic E-state index is 2.35. The van der Waals surface area contributed by atoms with Gasteiger partial charge in [-0.3, -0.25) is 0 Å². The Kier molecular flexibility index (Phi) is 9.55. The molecule has 1 saturated carbocycles. The van der Waals surface area contributed by atoms with E-state index in [4.69, 9.17) is 0 Å². The van der Waals surface area contributed by atoms with Crippen molar-refractivity contribution in [2.45, 2.75) is 79.1 Å². The fourth-order valence-electron chi connectivity index (χ4n) is 2.17. The molecule has 1 aliphatic carbocycles. The molecule has 1 rings (SSSR count). The highest BCUT2D eigenvalue weighted by Gasteiger charge is 2.15. The number of unbranched alkanes of at least 4 members (excludes halogenated alkanes) is 4. The van der Waals surface area contributed by atoms with Gasteiger partial charge in [0.2, 0.25) is 0 Å². The monoisotopic (exact) mass is 198 g/mol. The molecule has 0 aromatic rings. The molecule has 0 heterocycles. The van der Waals surface area contributed by atoms with Gasteiger partial charge in [-0.05, 0) is 18.3 Å². The van der Waals surface area contributed by atoms with Crippen LogP contribution in [0.3, 0.4) is 0 Å². The van der Waals surface area contributed by atoms with E-state index >= 15 is 0 Å². The van der Waals surface area contributed by atoms with Crippen molar-refractivity contribution in [1.29, 1.82) is 0 Å². The summed E-state index contributed by atoms with van der Waals surface area (Å²) in [5.74, 6) is 2.05. The van der Waals surface area contributed by atoms with Gasteiger partial charge >= 0.3 is 0 Å². The number of hydrogen-bond donors (Lipinski definition) is 0. The smallest absolute Gasteiger partial charge is 0.0440 e. The fraction of sp³-hybridized carbons (Fsp3) is 1.00. The van der Waals surface area contributed by atoms with Crippen LogP contribution in [0.2, 0.25) is 0 Å². The summed E-state index contributed by atoms with van der Waals surface area (Å²) in [6.45, 7) is 9.19. The lowest BCUT2D eigenvalue weighted by molar-refractivity contribution is 0.555. The van der Waals surface area contributed by atoms with E-state index in [1.807, 2.05) is 0 Å². The molecule has 0 saturated heterocycles. The van der Waals surface area contributed by atoms with Crippen LogP contribution in [0, 0.1) is 11.8 Å². The molecule has 0 amide bonds. The van der Waals surface area contributed by atoms with Gasteiger partial charge in [0.25, 0.3) is 0 Å². The van der Waals surface area contributed by atoms with Crippen LogP contribution in [0.5, 0.6) is 0 Å². The average molecular weight is 198 g/mol. The molecule has 14 heavy (non-hydrogen) atoms. The zero-order valence-corrected chi connectivity index (χ0v) is 10.8. The Bertz CT molecular complexity index is 94.6. The van der Waals surface area contributed by atoms with Crippen molar-refractivity contribution in [3.8, 4) is 0 Å². The van der Waals surface area contributed by atoms with E-state index < -0.39 is 0 Å². The van der Waals surface area contributed by atoms with E-state index in [1.54, 1.807) is 0 Å². The second kappa shape index (κ2) is 9.55. The van der Waals surface area contributed by atoms with Gasteiger partial charge < -0.3 is 0 Å². The molecular formula is C14H30. The first-order chi connectivity index (χ1) is 6.70. The zero-order valence-electron chi connectivity index (χ0n) is 10.8. The molecule has 0 N–H and O–H groups in total. The maximum atomic E-state index is 2.35. The maximum Gasteiger partial charge on any atom is -0.0440 e. The SMILES string of the molecule is CC1CCC(C)C1.CCCCCCC. The molecule has 0 spiro atoms.